The number of likely N-dealkylation sites (N-methyl/N-ethyl adjacent to an activating group) is 1. The molecule has 7 heteroatoms. The number of aromatic nitrogens is 1. The maximum absolute atomic E-state index is 14.2. The van der Waals surface area contributed by atoms with E-state index in [1.165, 1.54) is 0 Å². The second-order valence-corrected chi connectivity index (χ2v) is 9.25. The van der Waals surface area contributed by atoms with Gasteiger partial charge in [0.05, 0.1) is 18.2 Å². The molecule has 0 N–H and O–H groups in total. The summed E-state index contributed by atoms with van der Waals surface area (Å²) in [6.07, 6.45) is 4.37. The average molecular weight is 452 g/mol. The Morgan fingerprint density at radius 1 is 1.03 bits per heavy atom. The Balaban J connectivity index is 1.71. The molecule has 0 spiro atoms. The smallest absolute Gasteiger partial charge is 0.236 e. The first-order valence-electron chi connectivity index (χ1n) is 11.6. The molecule has 7 nitrogen and oxygen atoms in total. The van der Waals surface area contributed by atoms with Crippen LogP contribution >= 0.6 is 0 Å². The van der Waals surface area contributed by atoms with Gasteiger partial charge < -0.3 is 19.3 Å². The van der Waals surface area contributed by atoms with Crippen molar-refractivity contribution in [2.45, 2.75) is 36.5 Å². The predicted molar refractivity (Wildman–Crippen MR) is 125 cm³/mol. The van der Waals surface area contributed by atoms with Crippen LogP contribution in [0.2, 0.25) is 0 Å². The first-order chi connectivity index (χ1) is 15.9. The molecule has 1 atom stereocenters. The van der Waals surface area contributed by atoms with E-state index in [0.717, 1.165) is 23.4 Å². The van der Waals surface area contributed by atoms with Crippen molar-refractivity contribution in [2.24, 2.45) is 0 Å². The molecule has 2 aliphatic heterocycles. The average Bonchev–Trinajstić information content (AvgIpc) is 2.88. The molecular weight excluding hydrogens is 418 g/mol. The Labute approximate surface area is 195 Å². The van der Waals surface area contributed by atoms with Crippen LogP contribution in [0.15, 0.2) is 48.7 Å². The van der Waals surface area contributed by atoms with Gasteiger partial charge in [-0.3, -0.25) is 14.6 Å². The summed E-state index contributed by atoms with van der Waals surface area (Å²) in [6, 6.07) is 13.5. The minimum atomic E-state index is -0.842. The Hall–Kier alpha value is -2.93. The molecule has 3 heterocycles. The van der Waals surface area contributed by atoms with Gasteiger partial charge in [0.1, 0.15) is 11.2 Å². The Kier molecular flexibility index (Phi) is 6.70. The topological polar surface area (TPSA) is 72.0 Å². The Morgan fingerprint density at radius 3 is 2.36 bits per heavy atom. The SMILES string of the molecule is COc1ccc(C2(C(=O)N3CCC[C@](C(=O)N(C)C)(c4ccccn4)C3)CCOCC2)cc1. The van der Waals surface area contributed by atoms with Crippen LogP contribution in [-0.2, 0) is 25.2 Å². The van der Waals surface area contributed by atoms with Crippen LogP contribution in [0.5, 0.6) is 5.75 Å². The lowest BCUT2D eigenvalue weighted by molar-refractivity contribution is -0.147. The van der Waals surface area contributed by atoms with Crippen LogP contribution in [0.1, 0.15) is 36.9 Å². The molecule has 33 heavy (non-hydrogen) atoms. The number of rotatable bonds is 5. The van der Waals surface area contributed by atoms with Crippen molar-refractivity contribution in [3.8, 4) is 5.75 Å². The molecule has 0 unspecified atom stereocenters. The molecule has 2 amide bonds. The highest BCUT2D eigenvalue weighted by Crippen LogP contribution is 2.41. The third kappa shape index (κ3) is 4.22. The number of likely N-dealkylation sites (tertiary alicyclic amines) is 1. The number of hydrogen-bond donors (Lipinski definition) is 0. The number of nitrogens with zero attached hydrogens (tertiary/aromatic N) is 3. The molecule has 2 saturated heterocycles. The van der Waals surface area contributed by atoms with E-state index in [2.05, 4.69) is 4.98 Å². The van der Waals surface area contributed by atoms with Crippen LogP contribution in [-0.4, -0.2) is 74.1 Å². The Bertz CT molecular complexity index is 971. The highest BCUT2D eigenvalue weighted by Gasteiger charge is 2.51. The number of methoxy groups -OCH3 is 1. The molecule has 2 aliphatic rings. The number of benzene rings is 1. The van der Waals surface area contributed by atoms with E-state index in [1.807, 2.05) is 47.4 Å². The standard InChI is InChI=1S/C26H33N3O4/c1-28(2)23(30)26(22-7-4-5-15-27-22)12-6-16-29(19-26)24(31)25(13-17-33-18-14-25)20-8-10-21(32-3)11-9-20/h4-5,7-11,15H,6,12-14,16-19H2,1-3H3/t26-/m1/s1. The van der Waals surface area contributed by atoms with Crippen molar-refractivity contribution in [1.29, 1.82) is 0 Å². The van der Waals surface area contributed by atoms with Crippen LogP contribution in [0, 0.1) is 0 Å². The molecule has 176 valence electrons. The van der Waals surface area contributed by atoms with Crippen LogP contribution in [0.3, 0.4) is 0 Å². The van der Waals surface area contributed by atoms with E-state index in [4.69, 9.17) is 9.47 Å². The number of ether oxygens (including phenoxy) is 2. The molecule has 0 aliphatic carbocycles. The zero-order valence-electron chi connectivity index (χ0n) is 19.8. The molecule has 0 saturated carbocycles. The molecule has 1 aromatic carbocycles. The number of hydrogen-bond acceptors (Lipinski definition) is 5. The normalized spacial score (nSPS) is 22.5. The van der Waals surface area contributed by atoms with E-state index in [-0.39, 0.29) is 11.8 Å². The van der Waals surface area contributed by atoms with E-state index in [0.29, 0.717) is 45.6 Å². The lowest BCUT2D eigenvalue weighted by atomic mass is 9.70. The summed E-state index contributed by atoms with van der Waals surface area (Å²) in [5.41, 5.74) is 0.195. The largest absolute Gasteiger partial charge is 0.497 e. The maximum Gasteiger partial charge on any atom is 0.236 e. The number of carbonyl (C=O) groups is 2. The van der Waals surface area contributed by atoms with E-state index in [1.54, 1.807) is 32.3 Å². The highest BCUT2D eigenvalue weighted by molar-refractivity contribution is 5.92. The third-order valence-corrected chi connectivity index (χ3v) is 7.15. The minimum absolute atomic E-state index is 0.0100. The molecule has 2 fully saturated rings. The van der Waals surface area contributed by atoms with Crippen molar-refractivity contribution in [3.05, 3.63) is 59.9 Å². The summed E-state index contributed by atoms with van der Waals surface area (Å²) in [7, 11) is 5.17. The van der Waals surface area contributed by atoms with Crippen LogP contribution in [0.25, 0.3) is 0 Å². The van der Waals surface area contributed by atoms with Crippen molar-refractivity contribution in [3.63, 3.8) is 0 Å². The number of carbonyl (C=O) groups excluding carboxylic acids is 2. The van der Waals surface area contributed by atoms with Crippen LogP contribution < -0.4 is 4.74 Å². The second-order valence-electron chi connectivity index (χ2n) is 9.25. The molecular formula is C26H33N3O4. The van der Waals surface area contributed by atoms with Crippen molar-refractivity contribution in [2.75, 3.05) is 47.5 Å². The summed E-state index contributed by atoms with van der Waals surface area (Å²) in [5.74, 6) is 0.823. The fourth-order valence-electron chi connectivity index (χ4n) is 5.35. The molecule has 1 aromatic heterocycles. The van der Waals surface area contributed by atoms with Gasteiger partial charge in [-0.2, -0.15) is 0 Å². The maximum atomic E-state index is 14.2. The van der Waals surface area contributed by atoms with Crippen LogP contribution in [0.4, 0.5) is 0 Å². The quantitative estimate of drug-likeness (QED) is 0.699. The molecule has 0 bridgehead atoms. The molecule has 2 aromatic rings. The zero-order valence-corrected chi connectivity index (χ0v) is 19.8. The van der Waals surface area contributed by atoms with E-state index >= 15 is 0 Å². The van der Waals surface area contributed by atoms with Gasteiger partial charge in [-0.1, -0.05) is 18.2 Å². The lowest BCUT2D eigenvalue weighted by Gasteiger charge is -2.46. The minimum Gasteiger partial charge on any atom is -0.497 e. The monoisotopic (exact) mass is 451 g/mol. The van der Waals surface area contributed by atoms with Gasteiger partial charge in [0, 0.05) is 46.6 Å². The number of amides is 2. The molecule has 0 radical (unpaired) electrons. The molecule has 4 rings (SSSR count). The van der Waals surface area contributed by atoms with E-state index < -0.39 is 10.8 Å². The first-order valence-corrected chi connectivity index (χ1v) is 11.6. The first kappa shape index (κ1) is 23.2. The van der Waals surface area contributed by atoms with Crippen molar-refractivity contribution >= 4 is 11.8 Å². The summed E-state index contributed by atoms with van der Waals surface area (Å²) in [5, 5.41) is 0. The lowest BCUT2D eigenvalue weighted by Crippen LogP contribution is -2.59. The fraction of sp³-hybridized carbons (Fsp3) is 0.500. The Morgan fingerprint density at radius 2 is 1.76 bits per heavy atom. The number of piperidine rings is 1. The summed E-state index contributed by atoms with van der Waals surface area (Å²) in [6.45, 7) is 2.03. The fourth-order valence-corrected chi connectivity index (χ4v) is 5.35. The van der Waals surface area contributed by atoms with E-state index in [9.17, 15) is 9.59 Å². The van der Waals surface area contributed by atoms with Gasteiger partial charge in [-0.05, 0) is 55.5 Å². The highest BCUT2D eigenvalue weighted by atomic mass is 16.5. The predicted octanol–water partition coefficient (Wildman–Crippen LogP) is 2.79. The second kappa shape index (κ2) is 9.51. The third-order valence-electron chi connectivity index (χ3n) is 7.15. The van der Waals surface area contributed by atoms with Gasteiger partial charge >= 0.3 is 0 Å². The van der Waals surface area contributed by atoms with Gasteiger partial charge in [-0.15, -0.1) is 0 Å². The van der Waals surface area contributed by atoms with Crippen molar-refractivity contribution < 1.29 is 19.1 Å². The summed E-state index contributed by atoms with van der Waals surface area (Å²) < 4.78 is 11.0. The summed E-state index contributed by atoms with van der Waals surface area (Å²) in [4.78, 5) is 35.8. The van der Waals surface area contributed by atoms with Gasteiger partial charge in [-0.25, -0.2) is 0 Å². The summed E-state index contributed by atoms with van der Waals surface area (Å²) >= 11 is 0. The van der Waals surface area contributed by atoms with Gasteiger partial charge in [0.2, 0.25) is 11.8 Å². The van der Waals surface area contributed by atoms with Crippen molar-refractivity contribution in [1.82, 2.24) is 14.8 Å². The number of pyridine rings is 1. The van der Waals surface area contributed by atoms with Gasteiger partial charge in [0.15, 0.2) is 0 Å². The zero-order chi connectivity index (χ0) is 23.5. The van der Waals surface area contributed by atoms with Gasteiger partial charge in [0.25, 0.3) is 0 Å².